The van der Waals surface area contributed by atoms with Crippen molar-refractivity contribution in [2.24, 2.45) is 4.99 Å². The number of benzene rings is 3. The third-order valence-corrected chi connectivity index (χ3v) is 7.62. The number of rotatable bonds is 7. The Morgan fingerprint density at radius 3 is 2.47 bits per heavy atom. The number of aliphatic imine (C=N–C) groups is 1. The average molecular weight is 635 g/mol. The Morgan fingerprint density at radius 2 is 1.80 bits per heavy atom. The molecule has 3 amide bonds. The van der Waals surface area contributed by atoms with Gasteiger partial charge in [0.1, 0.15) is 12.1 Å². The second kappa shape index (κ2) is 13.0. The summed E-state index contributed by atoms with van der Waals surface area (Å²) in [5.41, 5.74) is 5.33. The topological polar surface area (TPSA) is 102 Å². The molecule has 1 N–H and O–H groups in total. The van der Waals surface area contributed by atoms with Gasteiger partial charge in [0, 0.05) is 11.3 Å². The molecule has 13 heteroatoms. The molecule has 1 fully saturated rings. The Morgan fingerprint density at radius 1 is 1.09 bits per heavy atom. The van der Waals surface area contributed by atoms with Crippen molar-refractivity contribution in [3.8, 4) is 22.8 Å². The molecule has 0 bridgehead atoms. The number of halogens is 3. The third kappa shape index (κ3) is 7.79. The Hall–Kier alpha value is -4.91. The lowest BCUT2D eigenvalue weighted by molar-refractivity contribution is -0.274. The molecule has 0 unspecified atom stereocenters. The van der Waals surface area contributed by atoms with E-state index in [9.17, 15) is 22.8 Å². The molecular formula is C32H29F3N6O3S. The van der Waals surface area contributed by atoms with Gasteiger partial charge in [0.15, 0.2) is 11.0 Å². The van der Waals surface area contributed by atoms with Crippen LogP contribution in [0, 0.1) is 6.92 Å². The summed E-state index contributed by atoms with van der Waals surface area (Å²) in [5, 5.41) is 7.50. The molecule has 45 heavy (non-hydrogen) atoms. The fraction of sp³-hybridized carbons (Fsp3) is 0.219. The highest BCUT2D eigenvalue weighted by Crippen LogP contribution is 2.34. The minimum atomic E-state index is -4.76. The minimum Gasteiger partial charge on any atom is -0.406 e. The molecular weight excluding hydrogens is 605 g/mol. The number of nitrogens with one attached hydrogen (secondary N) is 1. The zero-order valence-electron chi connectivity index (χ0n) is 24.8. The first-order valence-corrected chi connectivity index (χ1v) is 14.9. The molecule has 0 radical (unpaired) electrons. The smallest absolute Gasteiger partial charge is 0.406 e. The molecule has 2 heterocycles. The zero-order valence-corrected chi connectivity index (χ0v) is 25.6. The average Bonchev–Trinajstić information content (AvgIpc) is 3.60. The van der Waals surface area contributed by atoms with Gasteiger partial charge in [-0.1, -0.05) is 62.0 Å². The number of aromatic nitrogens is 3. The number of alkyl halides is 3. The van der Waals surface area contributed by atoms with Crippen LogP contribution in [-0.2, 0) is 4.79 Å². The van der Waals surface area contributed by atoms with Crippen LogP contribution in [0.25, 0.3) is 23.2 Å². The Labute approximate surface area is 261 Å². The summed E-state index contributed by atoms with van der Waals surface area (Å²) < 4.78 is 42.6. The number of anilines is 1. The number of hydrogen-bond acceptors (Lipinski definition) is 6. The van der Waals surface area contributed by atoms with Crippen molar-refractivity contribution in [2.75, 3.05) is 10.7 Å². The van der Waals surface area contributed by atoms with E-state index >= 15 is 0 Å². The summed E-state index contributed by atoms with van der Waals surface area (Å²) in [5.74, 6) is 0.351. The second-order valence-corrected chi connectivity index (χ2v) is 11.5. The van der Waals surface area contributed by atoms with Crippen LogP contribution in [0.2, 0.25) is 0 Å². The van der Waals surface area contributed by atoms with Gasteiger partial charge in [-0.15, -0.1) is 18.3 Å². The third-order valence-electron chi connectivity index (χ3n) is 6.69. The fourth-order valence-corrected chi connectivity index (χ4v) is 5.49. The standard InChI is InChI=1S/C32H29F3N6O3S/c1-19(2)26-14-5-20(3)15-27(26)41-28(42)17-45-31(41)38-30(43)37-21(4)16-22-6-8-23(9-7-22)29-36-18-40(39-29)24-10-12-25(13-11-24)44-32(33,34)35/h5-16,18-19H,17H2,1-4H3,(H,37,43)/b21-16+,38-31-. The predicted molar refractivity (Wildman–Crippen MR) is 168 cm³/mol. The van der Waals surface area contributed by atoms with E-state index in [-0.39, 0.29) is 23.3 Å². The van der Waals surface area contributed by atoms with Crippen molar-refractivity contribution in [2.45, 2.75) is 40.0 Å². The van der Waals surface area contributed by atoms with E-state index in [1.807, 2.05) is 49.4 Å². The molecule has 5 rings (SSSR count). The summed E-state index contributed by atoms with van der Waals surface area (Å²) in [4.78, 5) is 35.7. The van der Waals surface area contributed by atoms with Crippen molar-refractivity contribution in [3.05, 3.63) is 95.4 Å². The number of urea groups is 1. The van der Waals surface area contributed by atoms with E-state index in [1.165, 1.54) is 51.9 Å². The van der Waals surface area contributed by atoms with Gasteiger partial charge in [0.05, 0.1) is 17.1 Å². The lowest BCUT2D eigenvalue weighted by Crippen LogP contribution is -2.32. The summed E-state index contributed by atoms with van der Waals surface area (Å²) in [7, 11) is 0. The van der Waals surface area contributed by atoms with Crippen molar-refractivity contribution < 1.29 is 27.5 Å². The molecule has 1 aromatic heterocycles. The van der Waals surface area contributed by atoms with Crippen LogP contribution < -0.4 is 15.0 Å². The SMILES string of the molecule is C/C(=C\c1ccc(-c2ncn(-c3ccc(OC(F)(F)F)cc3)n2)cc1)NC(=O)/N=C1\SCC(=O)N1c1cc(C)ccc1C(C)C. The molecule has 1 aliphatic heterocycles. The van der Waals surface area contributed by atoms with Gasteiger partial charge in [0.2, 0.25) is 5.91 Å². The maximum Gasteiger partial charge on any atom is 0.573 e. The first-order chi connectivity index (χ1) is 21.4. The highest BCUT2D eigenvalue weighted by Gasteiger charge is 2.33. The van der Waals surface area contributed by atoms with Crippen molar-refractivity contribution in [3.63, 3.8) is 0 Å². The number of carbonyl (C=O) groups is 2. The largest absolute Gasteiger partial charge is 0.573 e. The number of hydrogen-bond donors (Lipinski definition) is 1. The molecule has 4 aromatic rings. The lowest BCUT2D eigenvalue weighted by Gasteiger charge is -2.22. The summed E-state index contributed by atoms with van der Waals surface area (Å²) in [6.45, 7) is 7.80. The first-order valence-electron chi connectivity index (χ1n) is 13.9. The minimum absolute atomic E-state index is 0.126. The number of allylic oxidation sites excluding steroid dienone is 1. The number of amidine groups is 1. The normalized spacial score (nSPS) is 14.8. The fourth-order valence-electron chi connectivity index (χ4n) is 4.64. The van der Waals surface area contributed by atoms with Gasteiger partial charge >= 0.3 is 12.4 Å². The van der Waals surface area contributed by atoms with Gasteiger partial charge in [-0.3, -0.25) is 9.69 Å². The number of thioether (sulfide) groups is 1. The van der Waals surface area contributed by atoms with Crippen LogP contribution >= 0.6 is 11.8 Å². The number of amides is 3. The number of aryl methyl sites for hydroxylation is 1. The zero-order chi connectivity index (χ0) is 32.3. The Bertz CT molecular complexity index is 1780. The van der Waals surface area contributed by atoms with E-state index in [0.717, 1.165) is 27.9 Å². The second-order valence-electron chi connectivity index (χ2n) is 10.6. The van der Waals surface area contributed by atoms with Gasteiger partial charge in [-0.05, 0) is 72.9 Å². The van der Waals surface area contributed by atoms with Crippen LogP contribution in [0.5, 0.6) is 5.75 Å². The lowest BCUT2D eigenvalue weighted by atomic mass is 9.99. The molecule has 0 aliphatic carbocycles. The highest BCUT2D eigenvalue weighted by atomic mass is 32.2. The van der Waals surface area contributed by atoms with Crippen LogP contribution in [-0.4, -0.2) is 44.0 Å². The van der Waals surface area contributed by atoms with Crippen LogP contribution in [0.1, 0.15) is 43.4 Å². The van der Waals surface area contributed by atoms with E-state index in [2.05, 4.69) is 39.0 Å². The molecule has 1 aliphatic rings. The highest BCUT2D eigenvalue weighted by molar-refractivity contribution is 8.15. The molecule has 0 spiro atoms. The van der Waals surface area contributed by atoms with Crippen molar-refractivity contribution in [1.29, 1.82) is 0 Å². The van der Waals surface area contributed by atoms with Crippen molar-refractivity contribution in [1.82, 2.24) is 20.1 Å². The molecule has 0 atom stereocenters. The van der Waals surface area contributed by atoms with E-state index in [4.69, 9.17) is 0 Å². The molecule has 232 valence electrons. The van der Waals surface area contributed by atoms with Gasteiger partial charge < -0.3 is 10.1 Å². The summed E-state index contributed by atoms with van der Waals surface area (Å²) >= 11 is 1.23. The molecule has 0 saturated carbocycles. The first kappa shape index (κ1) is 31.5. The Balaban J connectivity index is 1.25. The molecule has 1 saturated heterocycles. The molecule has 3 aromatic carbocycles. The van der Waals surface area contributed by atoms with Gasteiger partial charge in [-0.25, -0.2) is 14.5 Å². The van der Waals surface area contributed by atoms with Crippen LogP contribution in [0.3, 0.4) is 0 Å². The summed E-state index contributed by atoms with van der Waals surface area (Å²) in [6, 6.07) is 17.9. The Kier molecular flexibility index (Phi) is 9.09. The van der Waals surface area contributed by atoms with E-state index in [1.54, 1.807) is 13.0 Å². The quantitative estimate of drug-likeness (QED) is 0.226. The van der Waals surface area contributed by atoms with Gasteiger partial charge in [0.25, 0.3) is 0 Å². The monoisotopic (exact) mass is 634 g/mol. The number of nitrogens with zero attached hydrogens (tertiary/aromatic N) is 5. The van der Waals surface area contributed by atoms with E-state index < -0.39 is 12.4 Å². The molecule has 9 nitrogen and oxygen atoms in total. The van der Waals surface area contributed by atoms with Crippen LogP contribution in [0.15, 0.2) is 83.7 Å². The maximum atomic E-state index is 12.8. The summed E-state index contributed by atoms with van der Waals surface area (Å²) in [6.07, 6.45) is -1.52. The van der Waals surface area contributed by atoms with Crippen molar-refractivity contribution >= 4 is 40.6 Å². The maximum absolute atomic E-state index is 12.8. The van der Waals surface area contributed by atoms with E-state index in [0.29, 0.717) is 22.4 Å². The van der Waals surface area contributed by atoms with Gasteiger partial charge in [-0.2, -0.15) is 4.99 Å². The predicted octanol–water partition coefficient (Wildman–Crippen LogP) is 7.47. The van der Waals surface area contributed by atoms with Crippen LogP contribution in [0.4, 0.5) is 23.7 Å². The number of ether oxygens (including phenoxy) is 1. The number of carbonyl (C=O) groups excluding carboxylic acids is 2.